The maximum atomic E-state index is 2.33. The molecule has 0 bridgehead atoms. The number of aryl methyl sites for hydroxylation is 1. The third-order valence-electron chi connectivity index (χ3n) is 3.31. The zero-order chi connectivity index (χ0) is 13.2. The fourth-order valence-corrected chi connectivity index (χ4v) is 2.36. The van der Waals surface area contributed by atoms with E-state index >= 15 is 0 Å². The van der Waals surface area contributed by atoms with E-state index in [1.807, 2.05) is 0 Å². The Hall–Kier alpha value is -1.56. The Morgan fingerprint density at radius 2 is 1.56 bits per heavy atom. The zero-order valence-corrected chi connectivity index (χ0v) is 11.8. The molecule has 0 heterocycles. The summed E-state index contributed by atoms with van der Waals surface area (Å²) in [7, 11) is 0. The lowest BCUT2D eigenvalue weighted by molar-refractivity contribution is 0.583. The van der Waals surface area contributed by atoms with Crippen LogP contribution in [0.15, 0.2) is 48.5 Å². The van der Waals surface area contributed by atoms with Crippen molar-refractivity contribution in [1.82, 2.24) is 0 Å². The van der Waals surface area contributed by atoms with Crippen molar-refractivity contribution in [2.24, 2.45) is 0 Å². The van der Waals surface area contributed by atoms with E-state index in [9.17, 15) is 0 Å². The molecule has 0 radical (unpaired) electrons. The summed E-state index contributed by atoms with van der Waals surface area (Å²) in [5.74, 6) is 0. The highest BCUT2D eigenvalue weighted by Crippen LogP contribution is 2.28. The molecule has 2 rings (SSSR count). The van der Waals surface area contributed by atoms with Crippen molar-refractivity contribution in [2.45, 2.75) is 39.5 Å². The van der Waals surface area contributed by atoms with Crippen LogP contribution in [0.25, 0.3) is 0 Å². The summed E-state index contributed by atoms with van der Waals surface area (Å²) in [6.07, 6.45) is 1.02. The van der Waals surface area contributed by atoms with Crippen LogP contribution in [0.3, 0.4) is 0 Å². The average Bonchev–Trinajstić information content (AvgIpc) is 2.31. The Morgan fingerprint density at radius 3 is 2.17 bits per heavy atom. The molecule has 2 aromatic carbocycles. The minimum absolute atomic E-state index is 0.204. The van der Waals surface area contributed by atoms with Crippen molar-refractivity contribution in [3.63, 3.8) is 0 Å². The number of hydrogen-bond donors (Lipinski definition) is 0. The predicted octanol–water partition coefficient (Wildman–Crippen LogP) is 4.88. The van der Waals surface area contributed by atoms with Gasteiger partial charge in [0.15, 0.2) is 0 Å². The number of benzene rings is 2. The summed E-state index contributed by atoms with van der Waals surface area (Å²) in [4.78, 5) is 0. The molecular weight excluding hydrogens is 216 g/mol. The van der Waals surface area contributed by atoms with Gasteiger partial charge in [0.05, 0.1) is 0 Å². The highest BCUT2D eigenvalue weighted by atomic mass is 14.2. The maximum Gasteiger partial charge on any atom is -0.00228 e. The standard InChI is InChI=1S/C18H22/c1-14-10-11-16(17(12-14)18(2,3)4)13-15-8-6-5-7-9-15/h5-12H,13H2,1-4H3. The molecule has 94 valence electrons. The van der Waals surface area contributed by atoms with Gasteiger partial charge in [0.25, 0.3) is 0 Å². The first-order chi connectivity index (χ1) is 8.47. The van der Waals surface area contributed by atoms with Crippen molar-refractivity contribution < 1.29 is 0 Å². The SMILES string of the molecule is Cc1ccc(Cc2ccccc2)c(C(C)(C)C)c1. The Labute approximate surface area is 111 Å². The van der Waals surface area contributed by atoms with Gasteiger partial charge in [-0.15, -0.1) is 0 Å². The fourth-order valence-electron chi connectivity index (χ4n) is 2.36. The van der Waals surface area contributed by atoms with Gasteiger partial charge in [0.2, 0.25) is 0 Å². The second-order valence-corrected chi connectivity index (χ2v) is 6.07. The second kappa shape index (κ2) is 4.97. The first-order valence-electron chi connectivity index (χ1n) is 6.61. The monoisotopic (exact) mass is 238 g/mol. The van der Waals surface area contributed by atoms with Gasteiger partial charge in [-0.25, -0.2) is 0 Å². The molecule has 0 spiro atoms. The summed E-state index contributed by atoms with van der Waals surface area (Å²) in [6.45, 7) is 9.03. The van der Waals surface area contributed by atoms with Crippen molar-refractivity contribution in [2.75, 3.05) is 0 Å². The van der Waals surface area contributed by atoms with Gasteiger partial charge in [0, 0.05) is 0 Å². The zero-order valence-electron chi connectivity index (χ0n) is 11.8. The van der Waals surface area contributed by atoms with Gasteiger partial charge in [-0.3, -0.25) is 0 Å². The molecule has 0 N–H and O–H groups in total. The smallest absolute Gasteiger partial charge is 0.00228 e. The molecule has 0 fully saturated rings. The van der Waals surface area contributed by atoms with Crippen molar-refractivity contribution in [1.29, 1.82) is 0 Å². The van der Waals surface area contributed by atoms with Crippen LogP contribution in [-0.2, 0) is 11.8 Å². The van der Waals surface area contributed by atoms with Crippen LogP contribution in [0.5, 0.6) is 0 Å². The molecule has 0 saturated carbocycles. The highest BCUT2D eigenvalue weighted by Gasteiger charge is 2.17. The van der Waals surface area contributed by atoms with Crippen LogP contribution in [0.4, 0.5) is 0 Å². The Bertz CT molecular complexity index is 515. The Balaban J connectivity index is 2.39. The topological polar surface area (TPSA) is 0 Å². The van der Waals surface area contributed by atoms with Gasteiger partial charge < -0.3 is 0 Å². The van der Waals surface area contributed by atoms with E-state index in [1.54, 1.807) is 0 Å². The van der Waals surface area contributed by atoms with Crippen LogP contribution in [0, 0.1) is 6.92 Å². The van der Waals surface area contributed by atoms with Crippen LogP contribution in [0.1, 0.15) is 43.0 Å². The molecule has 2 aromatic rings. The van der Waals surface area contributed by atoms with E-state index in [4.69, 9.17) is 0 Å². The van der Waals surface area contributed by atoms with Gasteiger partial charge in [-0.1, -0.05) is 74.9 Å². The molecule has 0 atom stereocenters. The van der Waals surface area contributed by atoms with E-state index in [0.29, 0.717) is 0 Å². The molecule has 0 heteroatoms. The third-order valence-corrected chi connectivity index (χ3v) is 3.31. The summed E-state index contributed by atoms with van der Waals surface area (Å²) < 4.78 is 0. The van der Waals surface area contributed by atoms with Crippen molar-refractivity contribution in [3.8, 4) is 0 Å². The van der Waals surface area contributed by atoms with Crippen LogP contribution >= 0.6 is 0 Å². The van der Waals surface area contributed by atoms with Crippen molar-refractivity contribution in [3.05, 3.63) is 70.8 Å². The average molecular weight is 238 g/mol. The van der Waals surface area contributed by atoms with Crippen molar-refractivity contribution >= 4 is 0 Å². The largest absolute Gasteiger partial charge is 0.0622 e. The molecule has 18 heavy (non-hydrogen) atoms. The molecular formula is C18H22. The minimum Gasteiger partial charge on any atom is -0.0622 e. The minimum atomic E-state index is 0.204. The van der Waals surface area contributed by atoms with Crippen LogP contribution < -0.4 is 0 Å². The lowest BCUT2D eigenvalue weighted by Gasteiger charge is -2.23. The van der Waals surface area contributed by atoms with E-state index < -0.39 is 0 Å². The van der Waals surface area contributed by atoms with Gasteiger partial charge >= 0.3 is 0 Å². The van der Waals surface area contributed by atoms with Gasteiger partial charge in [0.1, 0.15) is 0 Å². The molecule has 0 aliphatic carbocycles. The molecule has 0 aliphatic rings. The normalized spacial score (nSPS) is 11.6. The molecule has 0 aromatic heterocycles. The molecule has 0 saturated heterocycles. The van der Waals surface area contributed by atoms with E-state index in [-0.39, 0.29) is 5.41 Å². The quantitative estimate of drug-likeness (QED) is 0.699. The molecule has 0 aliphatic heterocycles. The molecule has 0 amide bonds. The summed E-state index contributed by atoms with van der Waals surface area (Å²) in [5, 5.41) is 0. The second-order valence-electron chi connectivity index (χ2n) is 6.07. The first-order valence-corrected chi connectivity index (χ1v) is 6.61. The van der Waals surface area contributed by atoms with Gasteiger partial charge in [-0.05, 0) is 35.4 Å². The van der Waals surface area contributed by atoms with E-state index in [1.165, 1.54) is 22.3 Å². The Morgan fingerprint density at radius 1 is 0.889 bits per heavy atom. The summed E-state index contributed by atoms with van der Waals surface area (Å²) >= 11 is 0. The lowest BCUT2D eigenvalue weighted by Crippen LogP contribution is -2.14. The fraction of sp³-hybridized carbons (Fsp3) is 0.333. The summed E-state index contributed by atoms with van der Waals surface area (Å²) in [6, 6.07) is 17.5. The molecule has 0 nitrogen and oxygen atoms in total. The Kier molecular flexibility index (Phi) is 3.56. The van der Waals surface area contributed by atoms with Crippen LogP contribution in [-0.4, -0.2) is 0 Å². The lowest BCUT2D eigenvalue weighted by atomic mass is 9.81. The number of hydrogen-bond acceptors (Lipinski definition) is 0. The summed E-state index contributed by atoms with van der Waals surface area (Å²) in [5.41, 5.74) is 5.84. The van der Waals surface area contributed by atoms with Gasteiger partial charge in [-0.2, -0.15) is 0 Å². The highest BCUT2D eigenvalue weighted by molar-refractivity contribution is 5.39. The predicted molar refractivity (Wildman–Crippen MR) is 79.1 cm³/mol. The third kappa shape index (κ3) is 3.01. The first kappa shape index (κ1) is 12.9. The molecule has 0 unspecified atom stereocenters. The van der Waals surface area contributed by atoms with E-state index in [2.05, 4.69) is 76.2 Å². The number of rotatable bonds is 2. The van der Waals surface area contributed by atoms with Crippen LogP contribution in [0.2, 0.25) is 0 Å². The maximum absolute atomic E-state index is 2.33. The van der Waals surface area contributed by atoms with E-state index in [0.717, 1.165) is 6.42 Å².